The molecule has 1 heterocycles. The summed E-state index contributed by atoms with van der Waals surface area (Å²) >= 11 is 3.34. The molecule has 2 nitrogen and oxygen atoms in total. The van der Waals surface area contributed by atoms with Crippen molar-refractivity contribution in [2.24, 2.45) is 0 Å². The number of nitrogens with zero attached hydrogens (tertiary/aromatic N) is 1. The predicted octanol–water partition coefficient (Wildman–Crippen LogP) is 2.68. The van der Waals surface area contributed by atoms with Gasteiger partial charge < -0.3 is 10.2 Å². The maximum Gasteiger partial charge on any atom is 0.0397 e. The van der Waals surface area contributed by atoms with Crippen LogP contribution in [0.15, 0.2) is 29.3 Å². The highest BCUT2D eigenvalue weighted by Gasteiger charge is 2.15. The Morgan fingerprint density at radius 2 is 2.38 bits per heavy atom. The van der Waals surface area contributed by atoms with Gasteiger partial charge in [-0.15, -0.1) is 0 Å². The number of halogens is 1. The molecule has 1 N–H and O–H groups in total. The van der Waals surface area contributed by atoms with Gasteiger partial charge in [0.1, 0.15) is 0 Å². The van der Waals surface area contributed by atoms with Crippen LogP contribution in [0.3, 0.4) is 0 Å². The summed E-state index contributed by atoms with van der Waals surface area (Å²) in [6.07, 6.45) is 1.17. The summed E-state index contributed by atoms with van der Waals surface area (Å²) < 4.78 is 0.994. The Kier molecular flexibility index (Phi) is 3.66. The number of anilines is 1. The van der Waals surface area contributed by atoms with Crippen molar-refractivity contribution in [1.29, 1.82) is 0 Å². The van der Waals surface area contributed by atoms with E-state index in [1.807, 2.05) is 0 Å². The van der Waals surface area contributed by atoms with Crippen LogP contribution in [0.25, 0.3) is 0 Å². The molecule has 86 valence electrons. The van der Waals surface area contributed by atoms with Gasteiger partial charge in [0, 0.05) is 36.9 Å². The largest absolute Gasteiger partial charge is 0.374 e. The fraction of sp³-hybridized carbons (Fsp3) is 0.385. The first-order valence-corrected chi connectivity index (χ1v) is 6.33. The van der Waals surface area contributed by atoms with E-state index in [0.717, 1.165) is 24.1 Å². The number of hydrogen-bond acceptors (Lipinski definition) is 2. The summed E-state index contributed by atoms with van der Waals surface area (Å²) in [5, 5.41) is 3.34. The Morgan fingerprint density at radius 1 is 1.56 bits per heavy atom. The molecule has 0 atom stereocenters. The van der Waals surface area contributed by atoms with Gasteiger partial charge in [0.2, 0.25) is 0 Å². The van der Waals surface area contributed by atoms with E-state index >= 15 is 0 Å². The molecule has 1 aliphatic rings. The van der Waals surface area contributed by atoms with Crippen LogP contribution in [0.5, 0.6) is 0 Å². The third kappa shape index (κ3) is 2.66. The molecule has 0 spiro atoms. The molecule has 0 radical (unpaired) electrons. The topological polar surface area (TPSA) is 15.3 Å². The third-order valence-corrected chi connectivity index (χ3v) is 3.20. The lowest BCUT2D eigenvalue weighted by Crippen LogP contribution is -2.14. The summed E-state index contributed by atoms with van der Waals surface area (Å²) in [6.45, 7) is 6.67. The zero-order valence-electron chi connectivity index (χ0n) is 9.59. The number of hydrogen-bond donors (Lipinski definition) is 1. The lowest BCUT2D eigenvalue weighted by molar-refractivity contribution is 0.756. The molecule has 0 fully saturated rings. The summed E-state index contributed by atoms with van der Waals surface area (Å²) in [7, 11) is 2.15. The molecule has 0 aliphatic carbocycles. The minimum Gasteiger partial charge on any atom is -0.374 e. The Hall–Kier alpha value is -0.800. The summed E-state index contributed by atoms with van der Waals surface area (Å²) in [6, 6.07) is 6.73. The molecular weight excluding hydrogens is 264 g/mol. The molecule has 0 amide bonds. The van der Waals surface area contributed by atoms with Crippen LogP contribution in [-0.4, -0.2) is 20.1 Å². The Morgan fingerprint density at radius 3 is 3.12 bits per heavy atom. The SMILES string of the molecule is C=C(Br)CNCc1ccc2c(c1)CCN2C. The summed E-state index contributed by atoms with van der Waals surface area (Å²) in [4.78, 5) is 2.31. The van der Waals surface area contributed by atoms with Gasteiger partial charge in [0.05, 0.1) is 0 Å². The van der Waals surface area contributed by atoms with Gasteiger partial charge >= 0.3 is 0 Å². The molecule has 0 saturated heterocycles. The van der Waals surface area contributed by atoms with Crippen LogP contribution in [0, 0.1) is 0 Å². The molecule has 0 unspecified atom stereocenters. The van der Waals surface area contributed by atoms with E-state index in [1.54, 1.807) is 0 Å². The highest BCUT2D eigenvalue weighted by Crippen LogP contribution is 2.27. The molecule has 1 aromatic carbocycles. The monoisotopic (exact) mass is 280 g/mol. The first kappa shape index (κ1) is 11.7. The van der Waals surface area contributed by atoms with Crippen molar-refractivity contribution in [1.82, 2.24) is 5.32 Å². The van der Waals surface area contributed by atoms with E-state index in [4.69, 9.17) is 0 Å². The van der Waals surface area contributed by atoms with E-state index in [2.05, 4.69) is 58.0 Å². The Balaban J connectivity index is 1.99. The second-order valence-corrected chi connectivity index (χ2v) is 5.38. The van der Waals surface area contributed by atoms with Crippen molar-refractivity contribution in [3.8, 4) is 0 Å². The van der Waals surface area contributed by atoms with Crippen molar-refractivity contribution in [2.75, 3.05) is 25.0 Å². The van der Waals surface area contributed by atoms with Crippen LogP contribution in [0.4, 0.5) is 5.69 Å². The van der Waals surface area contributed by atoms with E-state index in [0.29, 0.717) is 0 Å². The van der Waals surface area contributed by atoms with Gasteiger partial charge in [-0.1, -0.05) is 34.6 Å². The Bertz CT molecular complexity index is 401. The number of likely N-dealkylation sites (N-methyl/N-ethyl adjacent to an activating group) is 1. The molecule has 0 aromatic heterocycles. The van der Waals surface area contributed by atoms with Gasteiger partial charge in [-0.3, -0.25) is 0 Å². The average molecular weight is 281 g/mol. The van der Waals surface area contributed by atoms with Crippen LogP contribution < -0.4 is 10.2 Å². The minimum atomic E-state index is 0.816. The second-order valence-electron chi connectivity index (χ2n) is 4.26. The van der Waals surface area contributed by atoms with E-state index in [-0.39, 0.29) is 0 Å². The van der Waals surface area contributed by atoms with Crippen molar-refractivity contribution in [2.45, 2.75) is 13.0 Å². The van der Waals surface area contributed by atoms with Crippen LogP contribution in [-0.2, 0) is 13.0 Å². The van der Waals surface area contributed by atoms with Gasteiger partial charge in [-0.25, -0.2) is 0 Å². The molecule has 16 heavy (non-hydrogen) atoms. The summed E-state index contributed by atoms with van der Waals surface area (Å²) in [5.74, 6) is 0. The summed E-state index contributed by atoms with van der Waals surface area (Å²) in [5.41, 5.74) is 4.20. The van der Waals surface area contributed by atoms with Crippen molar-refractivity contribution in [3.63, 3.8) is 0 Å². The molecule has 1 aliphatic heterocycles. The standard InChI is InChI=1S/C13H17BrN2/c1-10(14)8-15-9-11-3-4-13-12(7-11)5-6-16(13)2/h3-4,7,15H,1,5-6,8-9H2,2H3. The normalized spacial score (nSPS) is 14.0. The van der Waals surface area contributed by atoms with Crippen LogP contribution in [0.2, 0.25) is 0 Å². The van der Waals surface area contributed by atoms with Crippen LogP contribution in [0.1, 0.15) is 11.1 Å². The average Bonchev–Trinajstić information content (AvgIpc) is 2.60. The molecule has 2 rings (SSSR count). The number of benzene rings is 1. The molecule has 0 bridgehead atoms. The van der Waals surface area contributed by atoms with E-state index in [9.17, 15) is 0 Å². The maximum atomic E-state index is 3.80. The van der Waals surface area contributed by atoms with Gasteiger partial charge in [-0.2, -0.15) is 0 Å². The lowest BCUT2D eigenvalue weighted by Gasteiger charge is -2.12. The van der Waals surface area contributed by atoms with Gasteiger partial charge in [0.15, 0.2) is 0 Å². The Labute approximate surface area is 105 Å². The molecule has 0 saturated carbocycles. The highest BCUT2D eigenvalue weighted by molar-refractivity contribution is 9.11. The zero-order chi connectivity index (χ0) is 11.5. The lowest BCUT2D eigenvalue weighted by atomic mass is 10.1. The number of fused-ring (bicyclic) bond motifs is 1. The van der Waals surface area contributed by atoms with Crippen LogP contribution >= 0.6 is 15.9 Å². The van der Waals surface area contributed by atoms with Gasteiger partial charge in [0.25, 0.3) is 0 Å². The van der Waals surface area contributed by atoms with Crippen molar-refractivity contribution in [3.05, 3.63) is 40.4 Å². The van der Waals surface area contributed by atoms with E-state index in [1.165, 1.54) is 23.2 Å². The first-order chi connectivity index (χ1) is 7.66. The number of rotatable bonds is 4. The highest BCUT2D eigenvalue weighted by atomic mass is 79.9. The fourth-order valence-corrected chi connectivity index (χ4v) is 2.27. The molecule has 1 aromatic rings. The fourth-order valence-electron chi connectivity index (χ4n) is 2.07. The zero-order valence-corrected chi connectivity index (χ0v) is 11.2. The van der Waals surface area contributed by atoms with Crippen molar-refractivity contribution >= 4 is 21.6 Å². The van der Waals surface area contributed by atoms with Crippen molar-refractivity contribution < 1.29 is 0 Å². The third-order valence-electron chi connectivity index (χ3n) is 2.92. The minimum absolute atomic E-state index is 0.816. The second kappa shape index (κ2) is 5.02. The maximum absolute atomic E-state index is 3.80. The number of nitrogens with one attached hydrogen (secondary N) is 1. The predicted molar refractivity (Wildman–Crippen MR) is 73.2 cm³/mol. The van der Waals surface area contributed by atoms with Gasteiger partial charge in [-0.05, 0) is 23.6 Å². The quantitative estimate of drug-likeness (QED) is 0.912. The smallest absolute Gasteiger partial charge is 0.0397 e. The first-order valence-electron chi connectivity index (χ1n) is 5.54. The molecule has 3 heteroatoms. The van der Waals surface area contributed by atoms with E-state index < -0.39 is 0 Å². The molecular formula is C13H17BrN2.